The molecule has 0 bridgehead atoms. The number of amides is 1. The third kappa shape index (κ3) is 4.67. The summed E-state index contributed by atoms with van der Waals surface area (Å²) in [5.41, 5.74) is 6.23. The zero-order valence-electron chi connectivity index (χ0n) is 17.9. The summed E-state index contributed by atoms with van der Waals surface area (Å²) in [7, 11) is 0. The number of aryl methyl sites for hydroxylation is 2. The number of alkyl carbamates (subject to hydrolysis) is 1. The average molecular weight is 436 g/mol. The molecule has 0 radical (unpaired) electrons. The van der Waals surface area contributed by atoms with Crippen LogP contribution in [0.15, 0.2) is 60.7 Å². The molecular weight excluding hydrogens is 410 g/mol. The number of carbonyl (C=O) groups is 1. The summed E-state index contributed by atoms with van der Waals surface area (Å²) in [4.78, 5) is 12.2. The van der Waals surface area contributed by atoms with E-state index in [1.807, 2.05) is 73.1 Å². The highest BCUT2D eigenvalue weighted by atomic mass is 35.5. The molecule has 5 nitrogen and oxygen atoms in total. The molecule has 0 spiro atoms. The molecule has 160 valence electrons. The first-order valence-corrected chi connectivity index (χ1v) is 10.8. The van der Waals surface area contributed by atoms with Gasteiger partial charge in [0.2, 0.25) is 0 Å². The third-order valence-electron chi connectivity index (χ3n) is 5.70. The fourth-order valence-corrected chi connectivity index (χ4v) is 4.25. The van der Waals surface area contributed by atoms with Gasteiger partial charge in [-0.25, -0.2) is 9.48 Å². The SMILES string of the molecule is Cc1ccc(-n2nc(C)c(C3C=CC(OC(=O)NCc4ccccc4)C3)c2C)cc1Cl. The van der Waals surface area contributed by atoms with Gasteiger partial charge in [0.15, 0.2) is 0 Å². The van der Waals surface area contributed by atoms with Crippen molar-refractivity contribution in [2.24, 2.45) is 0 Å². The first-order chi connectivity index (χ1) is 14.9. The Balaban J connectivity index is 1.41. The summed E-state index contributed by atoms with van der Waals surface area (Å²) in [5, 5.41) is 8.29. The Labute approximate surface area is 187 Å². The first-order valence-electron chi connectivity index (χ1n) is 10.4. The van der Waals surface area contributed by atoms with Crippen LogP contribution in [0.2, 0.25) is 5.02 Å². The van der Waals surface area contributed by atoms with Crippen molar-refractivity contribution in [3.8, 4) is 5.69 Å². The third-order valence-corrected chi connectivity index (χ3v) is 6.11. The van der Waals surface area contributed by atoms with Crippen molar-refractivity contribution in [1.29, 1.82) is 0 Å². The standard InChI is InChI=1S/C25H26ClN3O2/c1-16-9-11-21(14-23(16)26)29-18(3)24(17(2)28-29)20-10-12-22(13-20)31-25(30)27-15-19-7-5-4-6-8-19/h4-12,14,20,22H,13,15H2,1-3H3,(H,27,30). The Morgan fingerprint density at radius 1 is 1.16 bits per heavy atom. The Hall–Kier alpha value is -3.05. The van der Waals surface area contributed by atoms with Gasteiger partial charge in [-0.05, 0) is 56.5 Å². The number of allylic oxidation sites excluding steroid dienone is 1. The van der Waals surface area contributed by atoms with Gasteiger partial charge in [-0.1, -0.05) is 54.1 Å². The van der Waals surface area contributed by atoms with Gasteiger partial charge in [0, 0.05) is 28.7 Å². The molecule has 1 aromatic heterocycles. The van der Waals surface area contributed by atoms with E-state index in [0.717, 1.165) is 33.2 Å². The van der Waals surface area contributed by atoms with Crippen molar-refractivity contribution in [1.82, 2.24) is 15.1 Å². The van der Waals surface area contributed by atoms with Crippen LogP contribution in [0.5, 0.6) is 0 Å². The van der Waals surface area contributed by atoms with Crippen molar-refractivity contribution in [3.05, 3.63) is 93.8 Å². The van der Waals surface area contributed by atoms with Crippen molar-refractivity contribution in [3.63, 3.8) is 0 Å². The molecule has 2 atom stereocenters. The fourth-order valence-electron chi connectivity index (χ4n) is 4.07. The van der Waals surface area contributed by atoms with E-state index in [-0.39, 0.29) is 12.0 Å². The molecule has 6 heteroatoms. The van der Waals surface area contributed by atoms with Crippen LogP contribution in [0.4, 0.5) is 4.79 Å². The predicted octanol–water partition coefficient (Wildman–Crippen LogP) is 5.79. The zero-order valence-corrected chi connectivity index (χ0v) is 18.7. The van der Waals surface area contributed by atoms with Gasteiger partial charge in [-0.3, -0.25) is 0 Å². The van der Waals surface area contributed by atoms with Crippen molar-refractivity contribution >= 4 is 17.7 Å². The van der Waals surface area contributed by atoms with Gasteiger partial charge in [-0.15, -0.1) is 0 Å². The molecule has 1 aliphatic carbocycles. The van der Waals surface area contributed by atoms with E-state index in [1.165, 1.54) is 5.56 Å². The molecule has 1 amide bonds. The maximum Gasteiger partial charge on any atom is 0.407 e. The Morgan fingerprint density at radius 3 is 2.68 bits per heavy atom. The van der Waals surface area contributed by atoms with Crippen LogP contribution >= 0.6 is 11.6 Å². The maximum absolute atomic E-state index is 12.2. The molecule has 0 saturated carbocycles. The molecule has 0 aliphatic heterocycles. The number of hydrogen-bond donors (Lipinski definition) is 1. The summed E-state index contributed by atoms with van der Waals surface area (Å²) >= 11 is 6.32. The molecule has 1 N–H and O–H groups in total. The summed E-state index contributed by atoms with van der Waals surface area (Å²) in [6.07, 6.45) is 4.12. The summed E-state index contributed by atoms with van der Waals surface area (Å²) in [6.45, 7) is 6.52. The van der Waals surface area contributed by atoms with Gasteiger partial charge in [0.05, 0.1) is 11.4 Å². The van der Waals surface area contributed by atoms with Crippen molar-refractivity contribution in [2.75, 3.05) is 0 Å². The van der Waals surface area contributed by atoms with E-state index in [4.69, 9.17) is 21.4 Å². The van der Waals surface area contributed by atoms with Gasteiger partial charge < -0.3 is 10.1 Å². The highest BCUT2D eigenvalue weighted by Gasteiger charge is 2.28. The number of aromatic nitrogens is 2. The zero-order chi connectivity index (χ0) is 22.0. The van der Waals surface area contributed by atoms with Gasteiger partial charge in [0.1, 0.15) is 6.10 Å². The molecule has 2 aromatic carbocycles. The molecule has 1 heterocycles. The number of nitrogens with one attached hydrogen (secondary N) is 1. The lowest BCUT2D eigenvalue weighted by atomic mass is 9.96. The summed E-state index contributed by atoms with van der Waals surface area (Å²) in [6, 6.07) is 15.7. The van der Waals surface area contributed by atoms with Crippen LogP contribution in [0.25, 0.3) is 5.69 Å². The van der Waals surface area contributed by atoms with E-state index < -0.39 is 6.09 Å². The molecular formula is C25H26ClN3O2. The van der Waals surface area contributed by atoms with Gasteiger partial charge >= 0.3 is 6.09 Å². The van der Waals surface area contributed by atoms with Crippen LogP contribution < -0.4 is 5.32 Å². The molecule has 1 aliphatic rings. The average Bonchev–Trinajstić information content (AvgIpc) is 3.32. The predicted molar refractivity (Wildman–Crippen MR) is 123 cm³/mol. The topological polar surface area (TPSA) is 56.2 Å². The number of rotatable bonds is 5. The Kier molecular flexibility index (Phi) is 6.14. The lowest BCUT2D eigenvalue weighted by Crippen LogP contribution is -2.27. The van der Waals surface area contributed by atoms with Crippen LogP contribution in [0.3, 0.4) is 0 Å². The highest BCUT2D eigenvalue weighted by Crippen LogP contribution is 2.35. The molecule has 2 unspecified atom stereocenters. The molecule has 4 rings (SSSR count). The summed E-state index contributed by atoms with van der Waals surface area (Å²) in [5.74, 6) is 0.154. The van der Waals surface area contributed by atoms with Crippen molar-refractivity contribution < 1.29 is 9.53 Å². The largest absolute Gasteiger partial charge is 0.442 e. The van der Waals surface area contributed by atoms with Crippen LogP contribution in [-0.2, 0) is 11.3 Å². The number of carbonyl (C=O) groups excluding carboxylic acids is 1. The minimum atomic E-state index is -0.405. The molecule has 0 saturated heterocycles. The number of benzene rings is 2. The van der Waals surface area contributed by atoms with E-state index in [0.29, 0.717) is 13.0 Å². The highest BCUT2D eigenvalue weighted by molar-refractivity contribution is 6.31. The smallest absolute Gasteiger partial charge is 0.407 e. The molecule has 31 heavy (non-hydrogen) atoms. The maximum atomic E-state index is 12.2. The quantitative estimate of drug-likeness (QED) is 0.516. The Bertz CT molecular complexity index is 1120. The lowest BCUT2D eigenvalue weighted by molar-refractivity contribution is 0.117. The van der Waals surface area contributed by atoms with Crippen molar-refractivity contribution in [2.45, 2.75) is 45.8 Å². The van der Waals surface area contributed by atoms with E-state index in [1.54, 1.807) is 0 Å². The van der Waals surface area contributed by atoms with Gasteiger partial charge in [-0.2, -0.15) is 5.10 Å². The minimum absolute atomic E-state index is 0.154. The number of hydrogen-bond acceptors (Lipinski definition) is 3. The van der Waals surface area contributed by atoms with E-state index in [2.05, 4.69) is 18.3 Å². The normalized spacial score (nSPS) is 17.7. The second-order valence-corrected chi connectivity index (χ2v) is 8.35. The lowest BCUT2D eigenvalue weighted by Gasteiger charge is -2.15. The van der Waals surface area contributed by atoms with Crippen LogP contribution in [-0.4, -0.2) is 22.0 Å². The van der Waals surface area contributed by atoms with Crippen LogP contribution in [0, 0.1) is 20.8 Å². The number of nitrogens with zero attached hydrogens (tertiary/aromatic N) is 2. The second kappa shape index (κ2) is 8.98. The monoisotopic (exact) mass is 435 g/mol. The second-order valence-electron chi connectivity index (χ2n) is 7.94. The first kappa shape index (κ1) is 21.2. The molecule has 3 aromatic rings. The summed E-state index contributed by atoms with van der Waals surface area (Å²) < 4.78 is 7.54. The fraction of sp³-hybridized carbons (Fsp3) is 0.280. The Morgan fingerprint density at radius 2 is 1.94 bits per heavy atom. The minimum Gasteiger partial charge on any atom is -0.442 e. The number of ether oxygens (including phenoxy) is 1. The molecule has 0 fully saturated rings. The van der Waals surface area contributed by atoms with Crippen LogP contribution in [0.1, 0.15) is 40.4 Å². The number of halogens is 1. The van der Waals surface area contributed by atoms with E-state index in [9.17, 15) is 4.79 Å². The van der Waals surface area contributed by atoms with Gasteiger partial charge in [0.25, 0.3) is 0 Å². The van der Waals surface area contributed by atoms with E-state index >= 15 is 0 Å².